The summed E-state index contributed by atoms with van der Waals surface area (Å²) in [5.41, 5.74) is -0.850. The summed E-state index contributed by atoms with van der Waals surface area (Å²) in [5, 5.41) is 9.55. The summed E-state index contributed by atoms with van der Waals surface area (Å²) in [7, 11) is -3.84. The summed E-state index contributed by atoms with van der Waals surface area (Å²) in [6.45, 7) is 8.47. The lowest BCUT2D eigenvalue weighted by molar-refractivity contribution is -0.142. The number of nitrogens with one attached hydrogen (secondary N) is 1. The van der Waals surface area contributed by atoms with Gasteiger partial charge >= 0.3 is 5.97 Å². The van der Waals surface area contributed by atoms with Gasteiger partial charge in [-0.1, -0.05) is 42.5 Å². The Labute approximate surface area is 137 Å². The first-order chi connectivity index (χ1) is 10.8. The van der Waals surface area contributed by atoms with Crippen LogP contribution < -0.4 is 4.72 Å². The molecule has 0 radical (unpaired) electrons. The van der Waals surface area contributed by atoms with Gasteiger partial charge in [0.05, 0.1) is 0 Å². The Morgan fingerprint density at radius 2 is 1.78 bits per heavy atom. The largest absolute Gasteiger partial charge is 0.481 e. The molecule has 0 saturated heterocycles. The highest BCUT2D eigenvalue weighted by Crippen LogP contribution is 2.23. The van der Waals surface area contributed by atoms with Crippen molar-refractivity contribution in [1.29, 1.82) is 0 Å². The molecule has 0 aliphatic rings. The smallest absolute Gasteiger partial charge is 0.315 e. The third-order valence-electron chi connectivity index (χ3n) is 3.50. The van der Waals surface area contributed by atoms with Crippen LogP contribution in [-0.2, 0) is 20.4 Å². The van der Waals surface area contributed by atoms with Crippen molar-refractivity contribution >= 4 is 16.2 Å². The molecule has 1 unspecified atom stereocenters. The van der Waals surface area contributed by atoms with Crippen LogP contribution >= 0.6 is 0 Å². The second kappa shape index (κ2) is 8.05. The summed E-state index contributed by atoms with van der Waals surface area (Å²) in [4.78, 5) is 11.7. The fourth-order valence-corrected chi connectivity index (χ4v) is 3.25. The van der Waals surface area contributed by atoms with E-state index < -0.39 is 21.6 Å². The number of carboxylic acids is 1. The van der Waals surface area contributed by atoms with Gasteiger partial charge in [-0.15, -0.1) is 13.2 Å². The molecular formula is C16H22N2O4S. The minimum atomic E-state index is -3.84. The van der Waals surface area contributed by atoms with E-state index in [1.165, 1.54) is 19.1 Å². The van der Waals surface area contributed by atoms with E-state index in [0.717, 1.165) is 4.31 Å². The number of rotatable bonds is 10. The number of carboxylic acid groups (broad SMARTS) is 1. The molecule has 0 amide bonds. The maximum Gasteiger partial charge on any atom is 0.315 e. The minimum absolute atomic E-state index is 0.108. The van der Waals surface area contributed by atoms with Gasteiger partial charge in [-0.05, 0) is 12.5 Å². The van der Waals surface area contributed by atoms with Crippen molar-refractivity contribution in [3.63, 3.8) is 0 Å². The molecule has 0 aliphatic heterocycles. The first-order valence-corrected chi connectivity index (χ1v) is 8.47. The molecule has 0 bridgehead atoms. The minimum Gasteiger partial charge on any atom is -0.481 e. The van der Waals surface area contributed by atoms with Gasteiger partial charge in [0.15, 0.2) is 0 Å². The van der Waals surface area contributed by atoms with Gasteiger partial charge in [-0.2, -0.15) is 12.7 Å². The van der Waals surface area contributed by atoms with Crippen molar-refractivity contribution in [3.8, 4) is 0 Å². The molecule has 1 rings (SSSR count). The Balaban J connectivity index is 3.01. The van der Waals surface area contributed by atoms with Gasteiger partial charge in [0.1, 0.15) is 5.41 Å². The Bertz CT molecular complexity index is 648. The zero-order valence-electron chi connectivity index (χ0n) is 13.1. The highest BCUT2D eigenvalue weighted by atomic mass is 32.2. The highest BCUT2D eigenvalue weighted by Gasteiger charge is 2.37. The van der Waals surface area contributed by atoms with Crippen LogP contribution in [-0.4, -0.2) is 43.4 Å². The Kier molecular flexibility index (Phi) is 6.68. The van der Waals surface area contributed by atoms with Crippen LogP contribution in [0.2, 0.25) is 0 Å². The summed E-state index contributed by atoms with van der Waals surface area (Å²) in [6.07, 6.45) is 2.91. The fraction of sp³-hybridized carbons (Fsp3) is 0.312. The standard InChI is InChI=1S/C16H22N2O4S/c1-4-11-18(12-5-2)23(21,22)17-13-16(3,15(19)20)14-9-7-6-8-10-14/h4-10,17H,1-2,11-13H2,3H3,(H,19,20). The maximum atomic E-state index is 12.3. The lowest BCUT2D eigenvalue weighted by Crippen LogP contribution is -2.49. The SMILES string of the molecule is C=CCN(CC=C)S(=O)(=O)NCC(C)(C(=O)O)c1ccccc1. The molecular weight excluding hydrogens is 316 g/mol. The molecule has 0 fully saturated rings. The van der Waals surface area contributed by atoms with Gasteiger partial charge in [-0.25, -0.2) is 4.72 Å². The van der Waals surface area contributed by atoms with Crippen molar-refractivity contribution in [3.05, 3.63) is 61.2 Å². The molecule has 0 heterocycles. The van der Waals surface area contributed by atoms with Gasteiger partial charge in [0.2, 0.25) is 0 Å². The molecule has 6 nitrogen and oxygen atoms in total. The first kappa shape index (κ1) is 19.1. The average Bonchev–Trinajstić information content (AvgIpc) is 2.53. The van der Waals surface area contributed by atoms with E-state index in [9.17, 15) is 18.3 Å². The van der Waals surface area contributed by atoms with Crippen LogP contribution in [0.15, 0.2) is 55.6 Å². The Hall–Kier alpha value is -1.96. The second-order valence-corrected chi connectivity index (χ2v) is 6.98. The van der Waals surface area contributed by atoms with Crippen LogP contribution in [0.25, 0.3) is 0 Å². The quantitative estimate of drug-likeness (QED) is 0.634. The highest BCUT2D eigenvalue weighted by molar-refractivity contribution is 7.87. The van der Waals surface area contributed by atoms with Crippen molar-refractivity contribution in [1.82, 2.24) is 9.03 Å². The summed E-state index contributed by atoms with van der Waals surface area (Å²) in [6, 6.07) is 8.52. The average molecular weight is 338 g/mol. The van der Waals surface area contributed by atoms with E-state index in [2.05, 4.69) is 17.9 Å². The Morgan fingerprint density at radius 1 is 1.26 bits per heavy atom. The number of carbonyl (C=O) groups is 1. The molecule has 1 atom stereocenters. The maximum absolute atomic E-state index is 12.3. The lowest BCUT2D eigenvalue weighted by Gasteiger charge is -2.27. The molecule has 0 saturated carbocycles. The molecule has 0 aliphatic carbocycles. The van der Waals surface area contributed by atoms with E-state index in [1.54, 1.807) is 30.3 Å². The van der Waals surface area contributed by atoms with Crippen LogP contribution in [0.1, 0.15) is 12.5 Å². The van der Waals surface area contributed by atoms with Crippen LogP contribution in [0, 0.1) is 0 Å². The lowest BCUT2D eigenvalue weighted by atomic mass is 9.83. The number of benzene rings is 1. The zero-order chi connectivity index (χ0) is 17.5. The summed E-state index contributed by atoms with van der Waals surface area (Å²) < 4.78 is 28.2. The molecule has 2 N–H and O–H groups in total. The molecule has 23 heavy (non-hydrogen) atoms. The zero-order valence-corrected chi connectivity index (χ0v) is 13.9. The van der Waals surface area contributed by atoms with Gasteiger partial charge in [0, 0.05) is 19.6 Å². The first-order valence-electron chi connectivity index (χ1n) is 7.03. The van der Waals surface area contributed by atoms with Gasteiger partial charge in [-0.3, -0.25) is 4.79 Å². The number of hydrogen-bond donors (Lipinski definition) is 2. The summed E-state index contributed by atoms with van der Waals surface area (Å²) >= 11 is 0. The molecule has 0 spiro atoms. The van der Waals surface area contributed by atoms with Gasteiger partial charge in [0.25, 0.3) is 10.2 Å². The molecule has 0 aromatic heterocycles. The number of aliphatic carboxylic acids is 1. The monoisotopic (exact) mass is 338 g/mol. The molecule has 7 heteroatoms. The fourth-order valence-electron chi connectivity index (χ4n) is 1.99. The predicted octanol–water partition coefficient (Wildman–Crippen LogP) is 1.54. The van der Waals surface area contributed by atoms with E-state index >= 15 is 0 Å². The molecule has 1 aromatic carbocycles. The van der Waals surface area contributed by atoms with Gasteiger partial charge < -0.3 is 5.11 Å². The van der Waals surface area contributed by atoms with E-state index in [4.69, 9.17) is 0 Å². The second-order valence-electron chi connectivity index (χ2n) is 5.22. The van der Waals surface area contributed by atoms with E-state index in [1.807, 2.05) is 0 Å². The predicted molar refractivity (Wildman–Crippen MR) is 90.3 cm³/mol. The molecule has 126 valence electrons. The number of nitrogens with zero attached hydrogens (tertiary/aromatic N) is 1. The van der Waals surface area contributed by atoms with E-state index in [-0.39, 0.29) is 19.6 Å². The summed E-state index contributed by atoms with van der Waals surface area (Å²) in [5.74, 6) is -1.11. The van der Waals surface area contributed by atoms with Crippen molar-refractivity contribution in [2.24, 2.45) is 0 Å². The van der Waals surface area contributed by atoms with Crippen molar-refractivity contribution < 1.29 is 18.3 Å². The van der Waals surface area contributed by atoms with Crippen LogP contribution in [0.4, 0.5) is 0 Å². The third-order valence-corrected chi connectivity index (χ3v) is 4.98. The molecule has 1 aromatic rings. The normalized spacial score (nSPS) is 14.2. The van der Waals surface area contributed by atoms with Crippen LogP contribution in [0.5, 0.6) is 0 Å². The third kappa shape index (κ3) is 4.75. The van der Waals surface area contributed by atoms with E-state index in [0.29, 0.717) is 5.56 Å². The number of hydrogen-bond acceptors (Lipinski definition) is 3. The Morgan fingerprint density at radius 3 is 2.22 bits per heavy atom. The topological polar surface area (TPSA) is 86.7 Å². The van der Waals surface area contributed by atoms with Crippen molar-refractivity contribution in [2.45, 2.75) is 12.3 Å². The van der Waals surface area contributed by atoms with Crippen molar-refractivity contribution in [2.75, 3.05) is 19.6 Å². The van der Waals surface area contributed by atoms with Crippen LogP contribution in [0.3, 0.4) is 0 Å².